The van der Waals surface area contributed by atoms with Gasteiger partial charge >= 0.3 is 5.97 Å². The molecule has 1 aromatic heterocycles. The van der Waals surface area contributed by atoms with Gasteiger partial charge < -0.3 is 10.4 Å². The van der Waals surface area contributed by atoms with Gasteiger partial charge in [-0.1, -0.05) is 0 Å². The molecule has 2 heterocycles. The summed E-state index contributed by atoms with van der Waals surface area (Å²) in [5, 5.41) is 14.4. The summed E-state index contributed by atoms with van der Waals surface area (Å²) in [6, 6.07) is 3.08. The maximum atomic E-state index is 11.8. The fourth-order valence-corrected chi connectivity index (χ4v) is 2.49. The second-order valence-corrected chi connectivity index (χ2v) is 4.90. The smallest absolute Gasteiger partial charge is 0.309 e. The molecule has 2 rings (SSSR count). The van der Waals surface area contributed by atoms with E-state index in [9.17, 15) is 9.59 Å². The number of thioether (sulfide) groups is 1. The highest BCUT2D eigenvalue weighted by Crippen LogP contribution is 2.12. The molecule has 0 saturated carbocycles. The topological polar surface area (TPSA) is 91.3 Å². The molecule has 3 N–H and O–H groups in total. The number of carboxylic acid groups (broad SMARTS) is 1. The van der Waals surface area contributed by atoms with Gasteiger partial charge in [0.15, 0.2) is 0 Å². The van der Waals surface area contributed by atoms with Crippen LogP contribution in [-0.2, 0) is 16.0 Å². The Morgan fingerprint density at radius 3 is 2.94 bits per heavy atom. The highest BCUT2D eigenvalue weighted by Gasteiger charge is 2.22. The molecule has 1 aliphatic rings. The third kappa shape index (κ3) is 3.44. The minimum absolute atomic E-state index is 0.0900. The zero-order valence-corrected chi connectivity index (χ0v) is 10.4. The van der Waals surface area contributed by atoms with Gasteiger partial charge in [-0.25, -0.2) is 0 Å². The Bertz CT molecular complexity index is 443. The summed E-state index contributed by atoms with van der Waals surface area (Å²) in [4.78, 5) is 26.2. The van der Waals surface area contributed by atoms with E-state index in [2.05, 4.69) is 15.6 Å². The minimum Gasteiger partial charge on any atom is -0.481 e. The largest absolute Gasteiger partial charge is 0.481 e. The third-order valence-electron chi connectivity index (χ3n) is 2.46. The Kier molecular flexibility index (Phi) is 4.16. The number of anilines is 1. The Labute approximate surface area is 108 Å². The van der Waals surface area contributed by atoms with E-state index in [1.807, 2.05) is 0 Å². The molecule has 18 heavy (non-hydrogen) atoms. The Morgan fingerprint density at radius 2 is 2.39 bits per heavy atom. The number of pyridine rings is 1. The van der Waals surface area contributed by atoms with Crippen molar-refractivity contribution >= 4 is 29.3 Å². The summed E-state index contributed by atoms with van der Waals surface area (Å²) in [5.74, 6) is 0.531. The highest BCUT2D eigenvalue weighted by atomic mass is 32.2. The standard InChI is InChI=1S/C11H13N3O3S/c15-10(16)3-7-1-2-8(4-12-7)14-11(17)9-5-18-6-13-9/h1-2,4,9,13H,3,5-6H2,(H,14,17)(H,15,16). The number of aromatic nitrogens is 1. The molecule has 7 heteroatoms. The number of hydrogen-bond donors (Lipinski definition) is 3. The van der Waals surface area contributed by atoms with Crippen LogP contribution in [0.4, 0.5) is 5.69 Å². The molecule has 0 spiro atoms. The van der Waals surface area contributed by atoms with Crippen molar-refractivity contribution in [3.05, 3.63) is 24.0 Å². The average Bonchev–Trinajstić information content (AvgIpc) is 2.84. The van der Waals surface area contributed by atoms with Crippen LogP contribution in [0.1, 0.15) is 5.69 Å². The quantitative estimate of drug-likeness (QED) is 0.727. The third-order valence-corrected chi connectivity index (χ3v) is 3.40. The molecule has 96 valence electrons. The van der Waals surface area contributed by atoms with Crippen molar-refractivity contribution in [2.45, 2.75) is 12.5 Å². The summed E-state index contributed by atoms with van der Waals surface area (Å²) in [6.45, 7) is 0. The van der Waals surface area contributed by atoms with E-state index >= 15 is 0 Å². The zero-order valence-electron chi connectivity index (χ0n) is 9.55. The predicted molar refractivity (Wildman–Crippen MR) is 68.5 cm³/mol. The molecule has 1 atom stereocenters. The van der Waals surface area contributed by atoms with E-state index < -0.39 is 5.97 Å². The first-order valence-electron chi connectivity index (χ1n) is 5.44. The van der Waals surface area contributed by atoms with Crippen LogP contribution in [0, 0.1) is 0 Å². The molecule has 1 saturated heterocycles. The molecule has 6 nitrogen and oxygen atoms in total. The second-order valence-electron chi connectivity index (χ2n) is 3.87. The van der Waals surface area contributed by atoms with Crippen LogP contribution in [0.25, 0.3) is 0 Å². The van der Waals surface area contributed by atoms with Gasteiger partial charge in [0.05, 0.1) is 30.0 Å². The monoisotopic (exact) mass is 267 g/mol. The molecule has 0 bridgehead atoms. The lowest BCUT2D eigenvalue weighted by molar-refractivity contribution is -0.136. The average molecular weight is 267 g/mol. The number of carbonyl (C=O) groups is 2. The van der Waals surface area contributed by atoms with E-state index in [1.165, 1.54) is 6.20 Å². The normalized spacial score (nSPS) is 18.6. The number of nitrogens with one attached hydrogen (secondary N) is 2. The van der Waals surface area contributed by atoms with Crippen LogP contribution in [0.2, 0.25) is 0 Å². The van der Waals surface area contributed by atoms with Crippen LogP contribution in [0.5, 0.6) is 0 Å². The van der Waals surface area contributed by atoms with E-state index in [4.69, 9.17) is 5.11 Å². The fourth-order valence-electron chi connectivity index (χ4n) is 1.55. The molecule has 1 aliphatic heterocycles. The first-order chi connectivity index (χ1) is 8.65. The summed E-state index contributed by atoms with van der Waals surface area (Å²) in [5.41, 5.74) is 1.04. The lowest BCUT2D eigenvalue weighted by Crippen LogP contribution is -2.37. The van der Waals surface area contributed by atoms with Crippen molar-refractivity contribution in [2.75, 3.05) is 16.9 Å². The molecule has 1 aromatic rings. The van der Waals surface area contributed by atoms with E-state index in [0.29, 0.717) is 11.4 Å². The van der Waals surface area contributed by atoms with Gasteiger partial charge in [-0.3, -0.25) is 19.9 Å². The number of hydrogen-bond acceptors (Lipinski definition) is 5. The number of nitrogens with zero attached hydrogens (tertiary/aromatic N) is 1. The van der Waals surface area contributed by atoms with Gasteiger partial charge in [0.25, 0.3) is 0 Å². The summed E-state index contributed by atoms with van der Waals surface area (Å²) in [6.07, 6.45) is 1.35. The van der Waals surface area contributed by atoms with Gasteiger partial charge in [0, 0.05) is 11.6 Å². The summed E-state index contributed by atoms with van der Waals surface area (Å²) in [7, 11) is 0. The zero-order chi connectivity index (χ0) is 13.0. The lowest BCUT2D eigenvalue weighted by Gasteiger charge is -2.10. The summed E-state index contributed by atoms with van der Waals surface area (Å²) >= 11 is 1.68. The number of carbonyl (C=O) groups excluding carboxylic acids is 1. The van der Waals surface area contributed by atoms with E-state index in [0.717, 1.165) is 11.6 Å². The molecular formula is C11H13N3O3S. The van der Waals surface area contributed by atoms with Gasteiger partial charge in [0.2, 0.25) is 5.91 Å². The van der Waals surface area contributed by atoms with Gasteiger partial charge in [-0.05, 0) is 12.1 Å². The van der Waals surface area contributed by atoms with Crippen molar-refractivity contribution in [1.29, 1.82) is 0 Å². The number of aliphatic carboxylic acids is 1. The van der Waals surface area contributed by atoms with Gasteiger partial charge in [0.1, 0.15) is 0 Å². The molecular weight excluding hydrogens is 254 g/mol. The van der Waals surface area contributed by atoms with Crippen LogP contribution in [-0.4, -0.2) is 39.6 Å². The Balaban J connectivity index is 1.93. The first-order valence-corrected chi connectivity index (χ1v) is 6.59. The van der Waals surface area contributed by atoms with Gasteiger partial charge in [-0.15, -0.1) is 11.8 Å². The maximum absolute atomic E-state index is 11.8. The Hall–Kier alpha value is -1.60. The van der Waals surface area contributed by atoms with E-state index in [1.54, 1.807) is 23.9 Å². The highest BCUT2D eigenvalue weighted by molar-refractivity contribution is 7.99. The lowest BCUT2D eigenvalue weighted by atomic mass is 10.2. The minimum atomic E-state index is -0.925. The van der Waals surface area contributed by atoms with Crippen LogP contribution in [0.3, 0.4) is 0 Å². The van der Waals surface area contributed by atoms with Crippen molar-refractivity contribution < 1.29 is 14.7 Å². The SMILES string of the molecule is O=C(O)Cc1ccc(NC(=O)C2CSCN2)cn1. The second kappa shape index (κ2) is 5.83. The summed E-state index contributed by atoms with van der Waals surface area (Å²) < 4.78 is 0. The van der Waals surface area contributed by atoms with Crippen LogP contribution >= 0.6 is 11.8 Å². The molecule has 0 aromatic carbocycles. The maximum Gasteiger partial charge on any atom is 0.309 e. The fraction of sp³-hybridized carbons (Fsp3) is 0.364. The molecule has 0 radical (unpaired) electrons. The van der Waals surface area contributed by atoms with Crippen LogP contribution < -0.4 is 10.6 Å². The van der Waals surface area contributed by atoms with Crippen molar-refractivity contribution in [3.8, 4) is 0 Å². The molecule has 1 fully saturated rings. The van der Waals surface area contributed by atoms with Crippen LogP contribution in [0.15, 0.2) is 18.3 Å². The number of amides is 1. The molecule has 1 amide bonds. The first kappa shape index (κ1) is 12.8. The number of carboxylic acids is 1. The molecule has 1 unspecified atom stereocenters. The van der Waals surface area contributed by atoms with Crippen molar-refractivity contribution in [3.63, 3.8) is 0 Å². The van der Waals surface area contributed by atoms with Gasteiger partial charge in [-0.2, -0.15) is 0 Å². The number of rotatable bonds is 4. The van der Waals surface area contributed by atoms with Crippen molar-refractivity contribution in [1.82, 2.24) is 10.3 Å². The van der Waals surface area contributed by atoms with E-state index in [-0.39, 0.29) is 18.4 Å². The Morgan fingerprint density at radius 1 is 1.56 bits per heavy atom. The van der Waals surface area contributed by atoms with Crippen molar-refractivity contribution in [2.24, 2.45) is 0 Å². The molecule has 0 aliphatic carbocycles. The predicted octanol–water partition coefficient (Wildman–Crippen LogP) is 0.310.